The average Bonchev–Trinajstić information content (AvgIpc) is 3.06. The molecule has 0 spiro atoms. The van der Waals surface area contributed by atoms with Crippen LogP contribution in [0.15, 0.2) is 53.4 Å². The molecule has 2 amide bonds. The molecule has 0 aliphatic carbocycles. The van der Waals surface area contributed by atoms with Gasteiger partial charge >= 0.3 is 0 Å². The van der Waals surface area contributed by atoms with Crippen molar-refractivity contribution in [2.45, 2.75) is 37.2 Å². The molecule has 6 nitrogen and oxygen atoms in total. The van der Waals surface area contributed by atoms with E-state index < -0.39 is 9.84 Å². The Hall–Kier alpha value is -2.67. The van der Waals surface area contributed by atoms with Gasteiger partial charge in [-0.1, -0.05) is 24.3 Å². The molecule has 148 valence electrons. The van der Waals surface area contributed by atoms with E-state index in [0.717, 1.165) is 30.3 Å². The first kappa shape index (κ1) is 20.1. The molecule has 2 aromatic rings. The SMILES string of the molecule is CC(NC(=O)c1ccc(CN2CCCC2=O)cc1)c1ccc(S(C)(=O)=O)cc1. The van der Waals surface area contributed by atoms with Crippen LogP contribution >= 0.6 is 0 Å². The fraction of sp³-hybridized carbons (Fsp3) is 0.333. The molecule has 1 atom stereocenters. The summed E-state index contributed by atoms with van der Waals surface area (Å²) < 4.78 is 23.1. The van der Waals surface area contributed by atoms with Crippen molar-refractivity contribution in [3.8, 4) is 0 Å². The zero-order chi connectivity index (χ0) is 20.3. The van der Waals surface area contributed by atoms with Gasteiger partial charge in [-0.2, -0.15) is 0 Å². The highest BCUT2D eigenvalue weighted by Gasteiger charge is 2.20. The van der Waals surface area contributed by atoms with E-state index >= 15 is 0 Å². The van der Waals surface area contributed by atoms with Crippen molar-refractivity contribution in [2.75, 3.05) is 12.8 Å². The number of nitrogens with one attached hydrogen (secondary N) is 1. The summed E-state index contributed by atoms with van der Waals surface area (Å²) in [6.45, 7) is 3.21. The Bertz CT molecular complexity index is 966. The molecule has 2 aromatic carbocycles. The largest absolute Gasteiger partial charge is 0.346 e. The Kier molecular flexibility index (Phi) is 5.84. The average molecular weight is 401 g/mol. The van der Waals surface area contributed by atoms with Gasteiger partial charge in [0.25, 0.3) is 5.91 Å². The van der Waals surface area contributed by atoms with E-state index in [1.807, 2.05) is 24.0 Å². The molecular weight excluding hydrogens is 376 g/mol. The van der Waals surface area contributed by atoms with Gasteiger partial charge in [-0.25, -0.2) is 8.42 Å². The monoisotopic (exact) mass is 400 g/mol. The lowest BCUT2D eigenvalue weighted by atomic mass is 10.1. The van der Waals surface area contributed by atoms with Crippen LogP contribution in [0.25, 0.3) is 0 Å². The maximum atomic E-state index is 12.5. The lowest BCUT2D eigenvalue weighted by Crippen LogP contribution is -2.27. The molecule has 0 bridgehead atoms. The van der Waals surface area contributed by atoms with E-state index in [9.17, 15) is 18.0 Å². The summed E-state index contributed by atoms with van der Waals surface area (Å²) in [5.41, 5.74) is 2.36. The molecule has 1 unspecified atom stereocenters. The topological polar surface area (TPSA) is 83.6 Å². The van der Waals surface area contributed by atoms with Gasteiger partial charge < -0.3 is 10.2 Å². The van der Waals surface area contributed by atoms with Crippen molar-refractivity contribution >= 4 is 21.7 Å². The standard InChI is InChI=1S/C21H24N2O4S/c1-15(17-9-11-19(12-10-17)28(2,26)27)22-21(25)18-7-5-16(6-8-18)14-23-13-3-4-20(23)24/h5-12,15H,3-4,13-14H2,1-2H3,(H,22,25). The normalized spacial score (nSPS) is 15.5. The fourth-order valence-corrected chi connectivity index (χ4v) is 3.85. The van der Waals surface area contributed by atoms with Gasteiger partial charge in [0.2, 0.25) is 5.91 Å². The summed E-state index contributed by atoms with van der Waals surface area (Å²) in [5.74, 6) is -0.0268. The predicted octanol–water partition coefficient (Wildman–Crippen LogP) is 2.70. The number of carbonyl (C=O) groups excluding carboxylic acids is 2. The first-order valence-corrected chi connectivity index (χ1v) is 11.1. The van der Waals surface area contributed by atoms with Crippen LogP contribution < -0.4 is 5.32 Å². The van der Waals surface area contributed by atoms with Crippen molar-refractivity contribution in [1.29, 1.82) is 0 Å². The van der Waals surface area contributed by atoms with E-state index in [1.165, 1.54) is 0 Å². The maximum Gasteiger partial charge on any atom is 0.251 e. The fourth-order valence-electron chi connectivity index (χ4n) is 3.22. The molecule has 0 saturated carbocycles. The number of carbonyl (C=O) groups is 2. The zero-order valence-electron chi connectivity index (χ0n) is 16.0. The van der Waals surface area contributed by atoms with Crippen LogP contribution in [0.1, 0.15) is 47.3 Å². The minimum Gasteiger partial charge on any atom is -0.346 e. The van der Waals surface area contributed by atoms with E-state index in [1.54, 1.807) is 36.4 Å². The smallest absolute Gasteiger partial charge is 0.251 e. The van der Waals surface area contributed by atoms with Crippen molar-refractivity contribution in [3.05, 3.63) is 65.2 Å². The van der Waals surface area contributed by atoms with Gasteiger partial charge in [0.1, 0.15) is 0 Å². The highest BCUT2D eigenvalue weighted by atomic mass is 32.2. The summed E-state index contributed by atoms with van der Waals surface area (Å²) in [5, 5.41) is 2.92. The Balaban J connectivity index is 1.61. The third-order valence-corrected chi connectivity index (χ3v) is 6.05. The number of hydrogen-bond donors (Lipinski definition) is 1. The van der Waals surface area contributed by atoms with Crippen LogP contribution in [0.4, 0.5) is 0 Å². The van der Waals surface area contributed by atoms with Gasteiger partial charge in [0.05, 0.1) is 10.9 Å². The van der Waals surface area contributed by atoms with Gasteiger partial charge in [-0.05, 0) is 48.7 Å². The summed E-state index contributed by atoms with van der Waals surface area (Å²) in [7, 11) is -3.24. The molecule has 1 aliphatic heterocycles. The Labute approximate surface area is 165 Å². The highest BCUT2D eigenvalue weighted by molar-refractivity contribution is 7.90. The molecule has 1 N–H and O–H groups in total. The predicted molar refractivity (Wildman–Crippen MR) is 107 cm³/mol. The minimum absolute atomic E-state index is 0.178. The second-order valence-corrected chi connectivity index (χ2v) is 9.17. The van der Waals surface area contributed by atoms with Crippen LogP contribution in [-0.4, -0.2) is 37.9 Å². The molecule has 0 radical (unpaired) electrons. The summed E-state index contributed by atoms with van der Waals surface area (Å²) in [6, 6.07) is 13.5. The Morgan fingerprint density at radius 3 is 2.29 bits per heavy atom. The van der Waals surface area contributed by atoms with Crippen LogP contribution in [-0.2, 0) is 21.2 Å². The van der Waals surface area contributed by atoms with E-state index in [0.29, 0.717) is 18.5 Å². The molecule has 1 saturated heterocycles. The number of benzene rings is 2. The van der Waals surface area contributed by atoms with Crippen LogP contribution in [0.5, 0.6) is 0 Å². The third kappa shape index (κ3) is 4.78. The van der Waals surface area contributed by atoms with Gasteiger partial charge in [-0.3, -0.25) is 9.59 Å². The first-order chi connectivity index (χ1) is 13.2. The van der Waals surface area contributed by atoms with E-state index in [4.69, 9.17) is 0 Å². The second kappa shape index (κ2) is 8.14. The Morgan fingerprint density at radius 1 is 1.11 bits per heavy atom. The highest BCUT2D eigenvalue weighted by Crippen LogP contribution is 2.18. The molecular formula is C21H24N2O4S. The number of amides is 2. The van der Waals surface area contributed by atoms with Crippen molar-refractivity contribution < 1.29 is 18.0 Å². The first-order valence-electron chi connectivity index (χ1n) is 9.21. The number of rotatable bonds is 6. The molecule has 1 aliphatic rings. The van der Waals surface area contributed by atoms with Gasteiger partial charge in [-0.15, -0.1) is 0 Å². The van der Waals surface area contributed by atoms with E-state index in [-0.39, 0.29) is 22.8 Å². The molecule has 3 rings (SSSR count). The summed E-state index contributed by atoms with van der Waals surface area (Å²) >= 11 is 0. The van der Waals surface area contributed by atoms with Crippen LogP contribution in [0, 0.1) is 0 Å². The molecule has 0 aromatic heterocycles. The van der Waals surface area contributed by atoms with Crippen LogP contribution in [0.3, 0.4) is 0 Å². The molecule has 1 fully saturated rings. The van der Waals surface area contributed by atoms with Gasteiger partial charge in [0, 0.05) is 31.3 Å². The van der Waals surface area contributed by atoms with E-state index in [2.05, 4.69) is 5.32 Å². The second-order valence-electron chi connectivity index (χ2n) is 7.15. The number of nitrogens with zero attached hydrogens (tertiary/aromatic N) is 1. The molecule has 28 heavy (non-hydrogen) atoms. The number of likely N-dealkylation sites (tertiary alicyclic amines) is 1. The molecule has 1 heterocycles. The maximum absolute atomic E-state index is 12.5. The molecule has 7 heteroatoms. The third-order valence-electron chi connectivity index (χ3n) is 4.92. The number of hydrogen-bond acceptors (Lipinski definition) is 4. The number of sulfone groups is 1. The zero-order valence-corrected chi connectivity index (χ0v) is 16.8. The lowest BCUT2D eigenvalue weighted by molar-refractivity contribution is -0.128. The quantitative estimate of drug-likeness (QED) is 0.808. The Morgan fingerprint density at radius 2 is 1.75 bits per heavy atom. The van der Waals surface area contributed by atoms with Crippen molar-refractivity contribution in [3.63, 3.8) is 0 Å². The van der Waals surface area contributed by atoms with Crippen molar-refractivity contribution in [1.82, 2.24) is 10.2 Å². The summed E-state index contributed by atoms with van der Waals surface area (Å²) in [6.07, 6.45) is 2.68. The van der Waals surface area contributed by atoms with Crippen molar-refractivity contribution in [2.24, 2.45) is 0 Å². The lowest BCUT2D eigenvalue weighted by Gasteiger charge is -2.17. The van der Waals surface area contributed by atoms with Crippen LogP contribution in [0.2, 0.25) is 0 Å². The minimum atomic E-state index is -3.24. The summed E-state index contributed by atoms with van der Waals surface area (Å²) in [4.78, 5) is 26.3. The van der Waals surface area contributed by atoms with Gasteiger partial charge in [0.15, 0.2) is 9.84 Å².